The number of Topliss-reactive ketones (excluding diaryl/α,β-unsaturated/α-hetero) is 1. The van der Waals surface area contributed by atoms with Crippen LogP contribution in [0.4, 0.5) is 0 Å². The number of carbonyl (C=O) groups excluding carboxylic acids is 1. The summed E-state index contributed by atoms with van der Waals surface area (Å²) < 4.78 is 0. The smallest absolute Gasteiger partial charge is 0.140 e. The van der Waals surface area contributed by atoms with E-state index in [9.17, 15) is 4.79 Å². The number of allylic oxidation sites excluding steroid dienone is 1. The minimum atomic E-state index is 0.0502. The van der Waals surface area contributed by atoms with Gasteiger partial charge in [0, 0.05) is 12.3 Å². The first-order valence-electron chi connectivity index (χ1n) is 5.48. The summed E-state index contributed by atoms with van der Waals surface area (Å²) in [4.78, 5) is 11.8. The van der Waals surface area contributed by atoms with Gasteiger partial charge in [-0.1, -0.05) is 43.3 Å². The van der Waals surface area contributed by atoms with Gasteiger partial charge in [0.05, 0.1) is 0 Å². The molecule has 1 unspecified atom stereocenters. The Morgan fingerprint density at radius 3 is 2.60 bits per heavy atom. The lowest BCUT2D eigenvalue weighted by atomic mass is 9.89. The van der Waals surface area contributed by atoms with Crippen LogP contribution in [0.15, 0.2) is 43.0 Å². The zero-order valence-electron chi connectivity index (χ0n) is 9.28. The lowest BCUT2D eigenvalue weighted by molar-refractivity contribution is -0.120. The highest BCUT2D eigenvalue weighted by Crippen LogP contribution is 2.23. The molecule has 0 aliphatic carbocycles. The Morgan fingerprint density at radius 1 is 1.40 bits per heavy atom. The van der Waals surface area contributed by atoms with E-state index in [1.54, 1.807) is 0 Å². The molecule has 0 radical (unpaired) electrons. The monoisotopic (exact) mass is 202 g/mol. The van der Waals surface area contributed by atoms with Gasteiger partial charge >= 0.3 is 0 Å². The molecule has 0 aliphatic heterocycles. The second-order valence-corrected chi connectivity index (χ2v) is 3.65. The van der Waals surface area contributed by atoms with Crippen LogP contribution in [0.2, 0.25) is 0 Å². The molecule has 0 N–H and O–H groups in total. The molecule has 0 heterocycles. The summed E-state index contributed by atoms with van der Waals surface area (Å²) in [6.45, 7) is 5.62. The maximum Gasteiger partial charge on any atom is 0.140 e. The summed E-state index contributed by atoms with van der Waals surface area (Å²) in [6, 6.07) is 10.0. The third-order valence-corrected chi connectivity index (χ3v) is 2.60. The zero-order chi connectivity index (χ0) is 11.1. The molecule has 80 valence electrons. The van der Waals surface area contributed by atoms with E-state index in [1.807, 2.05) is 43.3 Å². The van der Waals surface area contributed by atoms with Gasteiger partial charge in [-0.15, -0.1) is 6.58 Å². The van der Waals surface area contributed by atoms with Crippen molar-refractivity contribution in [1.29, 1.82) is 0 Å². The molecular weight excluding hydrogens is 184 g/mol. The molecule has 0 spiro atoms. The Balaban J connectivity index is 2.81. The van der Waals surface area contributed by atoms with Crippen LogP contribution in [-0.2, 0) is 4.79 Å². The van der Waals surface area contributed by atoms with Crippen molar-refractivity contribution >= 4 is 5.78 Å². The van der Waals surface area contributed by atoms with Gasteiger partial charge in [0.2, 0.25) is 0 Å². The van der Waals surface area contributed by atoms with Crippen molar-refractivity contribution < 1.29 is 4.79 Å². The summed E-state index contributed by atoms with van der Waals surface area (Å²) in [7, 11) is 0. The molecule has 0 fully saturated rings. The Kier molecular flexibility index (Phi) is 4.82. The van der Waals surface area contributed by atoms with Crippen molar-refractivity contribution in [1.82, 2.24) is 0 Å². The van der Waals surface area contributed by atoms with Crippen molar-refractivity contribution in [3.63, 3.8) is 0 Å². The van der Waals surface area contributed by atoms with E-state index in [1.165, 1.54) is 0 Å². The molecule has 0 saturated heterocycles. The molecule has 0 saturated carbocycles. The molecule has 1 atom stereocenters. The van der Waals surface area contributed by atoms with E-state index >= 15 is 0 Å². The van der Waals surface area contributed by atoms with Gasteiger partial charge in [0.1, 0.15) is 5.78 Å². The predicted molar refractivity (Wildman–Crippen MR) is 63.9 cm³/mol. The van der Waals surface area contributed by atoms with E-state index in [0.717, 1.165) is 18.4 Å². The highest BCUT2D eigenvalue weighted by atomic mass is 16.1. The lowest BCUT2D eigenvalue weighted by Gasteiger charge is -2.14. The summed E-state index contributed by atoms with van der Waals surface area (Å²) in [5, 5.41) is 0. The van der Waals surface area contributed by atoms with Gasteiger partial charge < -0.3 is 0 Å². The van der Waals surface area contributed by atoms with Crippen LogP contribution >= 0.6 is 0 Å². The number of benzene rings is 1. The quantitative estimate of drug-likeness (QED) is 0.642. The van der Waals surface area contributed by atoms with E-state index < -0.39 is 0 Å². The van der Waals surface area contributed by atoms with Crippen LogP contribution < -0.4 is 0 Å². The summed E-state index contributed by atoms with van der Waals surface area (Å²) in [5.74, 6) is 0.372. The first kappa shape index (κ1) is 11.7. The molecule has 1 rings (SSSR count). The van der Waals surface area contributed by atoms with Crippen LogP contribution in [0.25, 0.3) is 0 Å². The minimum absolute atomic E-state index is 0.0502. The molecule has 0 amide bonds. The Morgan fingerprint density at radius 2 is 2.07 bits per heavy atom. The molecule has 1 aromatic rings. The van der Waals surface area contributed by atoms with Crippen LogP contribution in [-0.4, -0.2) is 5.78 Å². The number of hydrogen-bond donors (Lipinski definition) is 0. The van der Waals surface area contributed by atoms with Crippen LogP contribution in [0, 0.1) is 0 Å². The van der Waals surface area contributed by atoms with Gasteiger partial charge in [-0.3, -0.25) is 4.79 Å². The SMILES string of the molecule is C=CCCC(C(=O)CC)c1ccccc1. The fourth-order valence-corrected chi connectivity index (χ4v) is 1.73. The van der Waals surface area contributed by atoms with Crippen molar-refractivity contribution in [2.75, 3.05) is 0 Å². The second kappa shape index (κ2) is 6.18. The average Bonchev–Trinajstić information content (AvgIpc) is 2.30. The third kappa shape index (κ3) is 3.35. The van der Waals surface area contributed by atoms with Crippen LogP contribution in [0.5, 0.6) is 0 Å². The fourth-order valence-electron chi connectivity index (χ4n) is 1.73. The molecule has 15 heavy (non-hydrogen) atoms. The number of carbonyl (C=O) groups is 1. The molecular formula is C14H18O. The fraction of sp³-hybridized carbons (Fsp3) is 0.357. The van der Waals surface area contributed by atoms with Crippen molar-refractivity contribution in [3.8, 4) is 0 Å². The zero-order valence-corrected chi connectivity index (χ0v) is 9.28. The first-order valence-corrected chi connectivity index (χ1v) is 5.48. The Labute approximate surface area is 91.8 Å². The number of hydrogen-bond acceptors (Lipinski definition) is 1. The highest BCUT2D eigenvalue weighted by molar-refractivity contribution is 5.85. The van der Waals surface area contributed by atoms with Gasteiger partial charge in [-0.2, -0.15) is 0 Å². The van der Waals surface area contributed by atoms with Gasteiger partial charge in [0.25, 0.3) is 0 Å². The Bertz CT molecular complexity index is 313. The summed E-state index contributed by atoms with van der Waals surface area (Å²) in [5.41, 5.74) is 1.13. The number of ketones is 1. The average molecular weight is 202 g/mol. The van der Waals surface area contributed by atoms with Crippen molar-refractivity contribution in [2.45, 2.75) is 32.1 Å². The molecule has 1 nitrogen and oxygen atoms in total. The molecule has 1 aromatic carbocycles. The minimum Gasteiger partial charge on any atom is -0.299 e. The third-order valence-electron chi connectivity index (χ3n) is 2.60. The molecule has 0 aliphatic rings. The van der Waals surface area contributed by atoms with E-state index in [2.05, 4.69) is 6.58 Å². The summed E-state index contributed by atoms with van der Waals surface area (Å²) >= 11 is 0. The lowest BCUT2D eigenvalue weighted by Crippen LogP contribution is -2.11. The Hall–Kier alpha value is -1.37. The molecule has 0 aromatic heterocycles. The van der Waals surface area contributed by atoms with Gasteiger partial charge in [-0.25, -0.2) is 0 Å². The highest BCUT2D eigenvalue weighted by Gasteiger charge is 2.17. The topological polar surface area (TPSA) is 17.1 Å². The van der Waals surface area contributed by atoms with Crippen LogP contribution in [0.3, 0.4) is 0 Å². The largest absolute Gasteiger partial charge is 0.299 e. The van der Waals surface area contributed by atoms with Crippen LogP contribution in [0.1, 0.15) is 37.7 Å². The second-order valence-electron chi connectivity index (χ2n) is 3.65. The maximum atomic E-state index is 11.8. The molecule has 1 heteroatoms. The summed E-state index contributed by atoms with van der Waals surface area (Å²) in [6.07, 6.45) is 4.25. The maximum absolute atomic E-state index is 11.8. The van der Waals surface area contributed by atoms with E-state index in [-0.39, 0.29) is 5.92 Å². The van der Waals surface area contributed by atoms with E-state index in [4.69, 9.17) is 0 Å². The normalized spacial score (nSPS) is 12.1. The number of rotatable bonds is 6. The standard InChI is InChI=1S/C14H18O/c1-3-5-11-13(14(15)4-2)12-9-7-6-8-10-12/h3,6-10,13H,1,4-5,11H2,2H3. The van der Waals surface area contributed by atoms with Crippen molar-refractivity contribution in [2.24, 2.45) is 0 Å². The van der Waals surface area contributed by atoms with Gasteiger partial charge in [-0.05, 0) is 18.4 Å². The van der Waals surface area contributed by atoms with E-state index in [0.29, 0.717) is 12.2 Å². The predicted octanol–water partition coefficient (Wildman–Crippen LogP) is 3.72. The van der Waals surface area contributed by atoms with Crippen molar-refractivity contribution in [3.05, 3.63) is 48.6 Å². The first-order chi connectivity index (χ1) is 7.29. The van der Waals surface area contributed by atoms with Gasteiger partial charge in [0.15, 0.2) is 0 Å². The molecule has 0 bridgehead atoms.